The average molecular weight is 208 g/mol. The molecule has 13 heavy (non-hydrogen) atoms. The summed E-state index contributed by atoms with van der Waals surface area (Å²) in [6.07, 6.45) is 0.910. The van der Waals surface area contributed by atoms with Gasteiger partial charge in [0, 0.05) is 9.60 Å². The second-order valence-corrected chi connectivity index (χ2v) is 4.40. The number of carbonyl (C=O) groups excluding carboxylic acids is 1. The average Bonchev–Trinajstić information content (AvgIpc) is 2.45. The number of rotatable bonds is 1. The van der Waals surface area contributed by atoms with Crippen LogP contribution >= 0.6 is 24.0 Å². The molecule has 1 aromatic heterocycles. The molecule has 0 saturated heterocycles. The monoisotopic (exact) mass is 208 g/mol. The van der Waals surface area contributed by atoms with Gasteiger partial charge in [-0.2, -0.15) is 0 Å². The van der Waals surface area contributed by atoms with Crippen molar-refractivity contribution < 1.29 is 4.79 Å². The van der Waals surface area contributed by atoms with Crippen LogP contribution in [0.3, 0.4) is 0 Å². The first-order chi connectivity index (χ1) is 6.24. The van der Waals surface area contributed by atoms with Crippen LogP contribution in [0, 0.1) is 6.92 Å². The van der Waals surface area contributed by atoms with Gasteiger partial charge >= 0.3 is 0 Å². The van der Waals surface area contributed by atoms with Crippen LogP contribution in [0.4, 0.5) is 0 Å². The van der Waals surface area contributed by atoms with Crippen molar-refractivity contribution in [2.75, 3.05) is 0 Å². The second kappa shape index (κ2) is 3.16. The van der Waals surface area contributed by atoms with Gasteiger partial charge in [0.2, 0.25) is 0 Å². The second-order valence-electron chi connectivity index (χ2n) is 2.86. The van der Waals surface area contributed by atoms with Gasteiger partial charge < -0.3 is 0 Å². The number of fused-ring (bicyclic) bond motifs is 1. The van der Waals surface area contributed by atoms with Crippen molar-refractivity contribution >= 4 is 40.3 Å². The number of carbonyl (C=O) groups is 1. The van der Waals surface area contributed by atoms with E-state index in [0.29, 0.717) is 0 Å². The summed E-state index contributed by atoms with van der Waals surface area (Å²) in [5.74, 6) is 0. The Kier molecular flexibility index (Phi) is 2.14. The molecule has 66 valence electrons. The van der Waals surface area contributed by atoms with Crippen LogP contribution in [0.1, 0.15) is 15.2 Å². The minimum absolute atomic E-state index is 0.802. The number of hydrogen-bond acceptors (Lipinski definition) is 3. The van der Waals surface area contributed by atoms with E-state index in [9.17, 15) is 4.79 Å². The number of thiol groups is 1. The SMILES string of the molecule is Cc1c(C=O)sc2c(S)cccc12. The molecule has 2 aromatic rings. The summed E-state index contributed by atoms with van der Waals surface area (Å²) < 4.78 is 1.10. The molecular formula is C10H8OS2. The van der Waals surface area contributed by atoms with E-state index in [4.69, 9.17) is 0 Å². The van der Waals surface area contributed by atoms with Crippen molar-refractivity contribution in [2.45, 2.75) is 11.8 Å². The zero-order chi connectivity index (χ0) is 9.42. The molecule has 0 bridgehead atoms. The third kappa shape index (κ3) is 1.28. The van der Waals surface area contributed by atoms with Gasteiger partial charge in [-0.05, 0) is 23.9 Å². The van der Waals surface area contributed by atoms with Crippen LogP contribution < -0.4 is 0 Å². The summed E-state index contributed by atoms with van der Waals surface area (Å²) in [6.45, 7) is 1.97. The van der Waals surface area contributed by atoms with Gasteiger partial charge in [-0.15, -0.1) is 24.0 Å². The van der Waals surface area contributed by atoms with Crippen molar-refractivity contribution in [3.63, 3.8) is 0 Å². The van der Waals surface area contributed by atoms with E-state index in [1.165, 1.54) is 11.3 Å². The lowest BCUT2D eigenvalue weighted by atomic mass is 10.1. The van der Waals surface area contributed by atoms with E-state index in [0.717, 1.165) is 31.7 Å². The Morgan fingerprint density at radius 3 is 2.85 bits per heavy atom. The molecule has 0 radical (unpaired) electrons. The van der Waals surface area contributed by atoms with Crippen molar-refractivity contribution in [2.24, 2.45) is 0 Å². The Labute approximate surface area is 85.8 Å². The minimum Gasteiger partial charge on any atom is -0.297 e. The molecule has 0 amide bonds. The lowest BCUT2D eigenvalue weighted by molar-refractivity contribution is 0.112. The maximum atomic E-state index is 10.7. The predicted octanol–water partition coefficient (Wildman–Crippen LogP) is 3.31. The molecule has 0 spiro atoms. The molecule has 1 aromatic carbocycles. The summed E-state index contributed by atoms with van der Waals surface area (Å²) in [7, 11) is 0. The van der Waals surface area contributed by atoms with E-state index in [1.54, 1.807) is 0 Å². The van der Waals surface area contributed by atoms with Gasteiger partial charge in [0.05, 0.1) is 4.88 Å². The fourth-order valence-electron chi connectivity index (χ4n) is 1.36. The predicted molar refractivity (Wildman–Crippen MR) is 59.2 cm³/mol. The molecule has 0 aliphatic carbocycles. The Hall–Kier alpha value is -0.800. The van der Waals surface area contributed by atoms with Crippen molar-refractivity contribution in [1.29, 1.82) is 0 Å². The molecular weight excluding hydrogens is 200 g/mol. The molecule has 0 N–H and O–H groups in total. The van der Waals surface area contributed by atoms with Crippen LogP contribution in [0.25, 0.3) is 10.1 Å². The maximum Gasteiger partial charge on any atom is 0.160 e. The van der Waals surface area contributed by atoms with Gasteiger partial charge in [-0.3, -0.25) is 4.79 Å². The number of thiophene rings is 1. The fraction of sp³-hybridized carbons (Fsp3) is 0.100. The van der Waals surface area contributed by atoms with E-state index < -0.39 is 0 Å². The molecule has 1 nitrogen and oxygen atoms in total. The summed E-state index contributed by atoms with van der Waals surface area (Å²) >= 11 is 5.85. The van der Waals surface area contributed by atoms with Gasteiger partial charge in [-0.1, -0.05) is 12.1 Å². The molecule has 0 unspecified atom stereocenters. The molecule has 0 aliphatic heterocycles. The van der Waals surface area contributed by atoms with Crippen molar-refractivity contribution in [1.82, 2.24) is 0 Å². The van der Waals surface area contributed by atoms with Crippen molar-refractivity contribution in [3.8, 4) is 0 Å². The summed E-state index contributed by atoms with van der Waals surface area (Å²) in [4.78, 5) is 12.4. The number of hydrogen-bond donors (Lipinski definition) is 1. The quantitative estimate of drug-likeness (QED) is 0.562. The Morgan fingerprint density at radius 2 is 2.23 bits per heavy atom. The third-order valence-corrected chi connectivity index (χ3v) is 3.88. The van der Waals surface area contributed by atoms with Gasteiger partial charge in [0.25, 0.3) is 0 Å². The third-order valence-electron chi connectivity index (χ3n) is 2.09. The number of aryl methyl sites for hydroxylation is 1. The highest BCUT2D eigenvalue weighted by Gasteiger charge is 2.08. The topological polar surface area (TPSA) is 17.1 Å². The number of aldehydes is 1. The zero-order valence-corrected chi connectivity index (χ0v) is 8.78. The zero-order valence-electron chi connectivity index (χ0n) is 7.07. The van der Waals surface area contributed by atoms with E-state index in [-0.39, 0.29) is 0 Å². The minimum atomic E-state index is 0.802. The van der Waals surface area contributed by atoms with Crippen LogP contribution in [-0.2, 0) is 0 Å². The van der Waals surface area contributed by atoms with Crippen LogP contribution in [0.5, 0.6) is 0 Å². The molecule has 0 saturated carbocycles. The molecule has 0 aliphatic rings. The Balaban J connectivity index is 2.91. The van der Waals surface area contributed by atoms with E-state index >= 15 is 0 Å². The Bertz CT molecular complexity index is 471. The normalized spacial score (nSPS) is 10.6. The highest BCUT2D eigenvalue weighted by atomic mass is 32.1. The molecule has 1 heterocycles. The Morgan fingerprint density at radius 1 is 1.46 bits per heavy atom. The van der Waals surface area contributed by atoms with Gasteiger partial charge in [-0.25, -0.2) is 0 Å². The first-order valence-corrected chi connectivity index (χ1v) is 5.16. The standard InChI is InChI=1S/C10H8OS2/c1-6-7-3-2-4-8(12)10(7)13-9(6)5-11/h2-5,12H,1H3. The lowest BCUT2D eigenvalue weighted by Gasteiger charge is -1.93. The highest BCUT2D eigenvalue weighted by Crippen LogP contribution is 2.33. The largest absolute Gasteiger partial charge is 0.297 e. The first-order valence-electron chi connectivity index (χ1n) is 3.90. The summed E-state index contributed by atoms with van der Waals surface area (Å²) in [6, 6.07) is 5.92. The fourth-order valence-corrected chi connectivity index (χ4v) is 2.74. The van der Waals surface area contributed by atoms with Crippen LogP contribution in [0.15, 0.2) is 23.1 Å². The van der Waals surface area contributed by atoms with Crippen molar-refractivity contribution in [3.05, 3.63) is 28.6 Å². The van der Waals surface area contributed by atoms with E-state index in [2.05, 4.69) is 12.6 Å². The first kappa shape index (κ1) is 8.78. The lowest BCUT2D eigenvalue weighted by Crippen LogP contribution is -1.75. The number of benzene rings is 1. The van der Waals surface area contributed by atoms with Gasteiger partial charge in [0.15, 0.2) is 6.29 Å². The summed E-state index contributed by atoms with van der Waals surface area (Å²) in [5, 5.41) is 1.14. The highest BCUT2D eigenvalue weighted by molar-refractivity contribution is 7.80. The molecule has 2 rings (SSSR count). The molecule has 3 heteroatoms. The molecule has 0 fully saturated rings. The van der Waals surface area contributed by atoms with E-state index in [1.807, 2.05) is 25.1 Å². The smallest absolute Gasteiger partial charge is 0.160 e. The maximum absolute atomic E-state index is 10.7. The van der Waals surface area contributed by atoms with Crippen LogP contribution in [0.2, 0.25) is 0 Å². The molecule has 0 atom stereocenters. The summed E-state index contributed by atoms with van der Waals surface area (Å²) in [5.41, 5.74) is 1.06. The van der Waals surface area contributed by atoms with Crippen LogP contribution in [-0.4, -0.2) is 6.29 Å². The van der Waals surface area contributed by atoms with Gasteiger partial charge in [0.1, 0.15) is 0 Å².